The van der Waals surface area contributed by atoms with Gasteiger partial charge in [0.2, 0.25) is 0 Å². The Morgan fingerprint density at radius 3 is 2.32 bits per heavy atom. The van der Waals surface area contributed by atoms with E-state index in [-0.39, 0.29) is 12.8 Å². The first-order valence-electron chi connectivity index (χ1n) is 7.63. The van der Waals surface area contributed by atoms with E-state index in [1.165, 1.54) is 10.8 Å². The molecule has 0 spiro atoms. The molecule has 8 nitrogen and oxygen atoms in total. The average molecular weight is 370 g/mol. The van der Waals surface area contributed by atoms with Crippen LogP contribution in [0.4, 0.5) is 4.79 Å². The summed E-state index contributed by atoms with van der Waals surface area (Å²) >= 11 is 5.10. The number of carboxylic acid groups (broad SMARTS) is 2. The Labute approximate surface area is 150 Å². The molecule has 1 unspecified atom stereocenters. The number of hydrogen-bond donors (Lipinski definition) is 3. The Kier molecular flexibility index (Phi) is 7.10. The van der Waals surface area contributed by atoms with Crippen molar-refractivity contribution in [2.75, 3.05) is 0 Å². The number of alkyl carbamates (subject to hydrolysis) is 1. The van der Waals surface area contributed by atoms with Gasteiger partial charge in [0.1, 0.15) is 22.3 Å². The number of pyridine rings is 1. The topological polar surface area (TPSA) is 118 Å². The van der Waals surface area contributed by atoms with Crippen LogP contribution >= 0.6 is 12.2 Å². The van der Waals surface area contributed by atoms with Crippen LogP contribution in [-0.4, -0.2) is 44.5 Å². The van der Waals surface area contributed by atoms with Crippen LogP contribution in [0.15, 0.2) is 24.4 Å². The van der Waals surface area contributed by atoms with Gasteiger partial charge in [-0.1, -0.05) is 18.3 Å². The minimum atomic E-state index is -1.27. The summed E-state index contributed by atoms with van der Waals surface area (Å²) in [5.74, 6) is -2.41. The lowest BCUT2D eigenvalue weighted by molar-refractivity contribution is -0.143. The molecule has 2 atom stereocenters. The number of ether oxygens (including phenoxy) is 1. The molecule has 3 N–H and O–H groups in total. The van der Waals surface area contributed by atoms with Crippen molar-refractivity contribution in [3.63, 3.8) is 0 Å². The van der Waals surface area contributed by atoms with Gasteiger partial charge in [-0.3, -0.25) is 0 Å². The molecule has 25 heavy (non-hydrogen) atoms. The van der Waals surface area contributed by atoms with Crippen LogP contribution in [0.3, 0.4) is 0 Å². The second kappa shape index (κ2) is 8.61. The van der Waals surface area contributed by atoms with Gasteiger partial charge in [0, 0.05) is 6.20 Å². The number of aliphatic carboxylic acids is 2. The largest absolute Gasteiger partial charge is 0.480 e. The number of hydrogen-bond acceptors (Lipinski definition) is 5. The molecule has 0 radical (unpaired) electrons. The number of carboxylic acids is 2. The maximum absolute atomic E-state index is 11.7. The molecule has 138 valence electrons. The Balaban J connectivity index is 2.82. The Bertz CT molecular complexity index is 694. The molecule has 0 bridgehead atoms. The Morgan fingerprint density at radius 2 is 1.84 bits per heavy atom. The van der Waals surface area contributed by atoms with Gasteiger partial charge in [0.15, 0.2) is 0 Å². The highest BCUT2D eigenvalue weighted by Gasteiger charge is 2.27. The number of carbonyl (C=O) groups is 3. The van der Waals surface area contributed by atoms with Gasteiger partial charge in [0.25, 0.3) is 0 Å². The van der Waals surface area contributed by atoms with E-state index >= 15 is 0 Å². The predicted molar refractivity (Wildman–Crippen MR) is 92.0 cm³/mol. The minimum absolute atomic E-state index is 0.0274. The lowest BCUT2D eigenvalue weighted by Crippen LogP contribution is -2.43. The lowest BCUT2D eigenvalue weighted by Gasteiger charge is -2.23. The standard InChI is InChI=1S/C16H22N2O6S/c1-16(2,3)24-15(23)17-10(13(19)20)7-8-11(14(21)22)18-9-5-4-6-12(18)25/h4-6,9-11H,7-8H2,1-3H3,(H,17,23)(H,19,20)(H,21,22)/t10-,11?/m0/s1. The first-order valence-corrected chi connectivity index (χ1v) is 8.04. The molecule has 0 saturated carbocycles. The zero-order valence-corrected chi connectivity index (χ0v) is 15.1. The van der Waals surface area contributed by atoms with Crippen LogP contribution in [0.2, 0.25) is 0 Å². The van der Waals surface area contributed by atoms with E-state index in [2.05, 4.69) is 5.32 Å². The molecule has 0 fully saturated rings. The fourth-order valence-corrected chi connectivity index (χ4v) is 2.38. The van der Waals surface area contributed by atoms with E-state index in [1.54, 1.807) is 39.0 Å². The summed E-state index contributed by atoms with van der Waals surface area (Å²) in [6.45, 7) is 4.96. The summed E-state index contributed by atoms with van der Waals surface area (Å²) in [6.07, 6.45) is 0.531. The predicted octanol–water partition coefficient (Wildman–Crippen LogP) is 2.60. The van der Waals surface area contributed by atoms with Gasteiger partial charge in [-0.15, -0.1) is 0 Å². The number of aromatic nitrogens is 1. The zero-order valence-electron chi connectivity index (χ0n) is 14.3. The van der Waals surface area contributed by atoms with Crippen LogP contribution < -0.4 is 5.32 Å². The van der Waals surface area contributed by atoms with Gasteiger partial charge < -0.3 is 24.8 Å². The van der Waals surface area contributed by atoms with Crippen LogP contribution in [0.1, 0.15) is 39.7 Å². The van der Waals surface area contributed by atoms with E-state index in [0.29, 0.717) is 4.64 Å². The number of carbonyl (C=O) groups excluding carboxylic acids is 1. The van der Waals surface area contributed by atoms with Crippen molar-refractivity contribution in [3.8, 4) is 0 Å². The monoisotopic (exact) mass is 370 g/mol. The fourth-order valence-electron chi connectivity index (χ4n) is 2.11. The van der Waals surface area contributed by atoms with E-state index in [9.17, 15) is 24.6 Å². The molecular weight excluding hydrogens is 348 g/mol. The number of amides is 1. The van der Waals surface area contributed by atoms with Gasteiger partial charge in [-0.05, 0) is 45.7 Å². The van der Waals surface area contributed by atoms with Gasteiger partial charge in [0.05, 0.1) is 0 Å². The van der Waals surface area contributed by atoms with E-state index in [1.807, 2.05) is 0 Å². The smallest absolute Gasteiger partial charge is 0.408 e. The average Bonchev–Trinajstić information content (AvgIpc) is 2.45. The number of rotatable bonds is 7. The van der Waals surface area contributed by atoms with E-state index in [0.717, 1.165) is 0 Å². The molecule has 1 amide bonds. The van der Waals surface area contributed by atoms with Crippen LogP contribution in [0.5, 0.6) is 0 Å². The molecule has 1 heterocycles. The molecular formula is C16H22N2O6S. The molecule has 1 aromatic rings. The molecule has 1 aromatic heterocycles. The minimum Gasteiger partial charge on any atom is -0.480 e. The summed E-state index contributed by atoms with van der Waals surface area (Å²) in [5.41, 5.74) is -0.770. The van der Waals surface area contributed by atoms with E-state index < -0.39 is 35.7 Å². The molecule has 0 aliphatic heterocycles. The highest BCUT2D eigenvalue weighted by atomic mass is 32.1. The maximum atomic E-state index is 11.7. The van der Waals surface area contributed by atoms with Gasteiger partial charge in [-0.2, -0.15) is 0 Å². The molecule has 0 saturated heterocycles. The molecule has 9 heteroatoms. The van der Waals surface area contributed by atoms with Crippen LogP contribution in [0, 0.1) is 4.64 Å². The number of nitrogens with one attached hydrogen (secondary N) is 1. The highest BCUT2D eigenvalue weighted by Crippen LogP contribution is 2.17. The summed E-state index contributed by atoms with van der Waals surface area (Å²) in [7, 11) is 0. The molecule has 0 aliphatic carbocycles. The normalized spacial score (nSPS) is 13.6. The van der Waals surface area contributed by atoms with Crippen molar-refractivity contribution in [1.82, 2.24) is 9.88 Å². The third kappa shape index (κ3) is 6.92. The maximum Gasteiger partial charge on any atom is 0.408 e. The third-order valence-electron chi connectivity index (χ3n) is 3.19. The summed E-state index contributed by atoms with van der Waals surface area (Å²) < 4.78 is 6.73. The fraction of sp³-hybridized carbons (Fsp3) is 0.500. The summed E-state index contributed by atoms with van der Waals surface area (Å²) in [5, 5.41) is 20.9. The quantitative estimate of drug-likeness (QED) is 0.631. The van der Waals surface area contributed by atoms with E-state index in [4.69, 9.17) is 17.0 Å². The SMILES string of the molecule is CC(C)(C)OC(=O)N[C@@H](CCC(C(=O)O)n1ccccc1=S)C(=O)O. The zero-order chi connectivity index (χ0) is 19.2. The van der Waals surface area contributed by atoms with Crippen molar-refractivity contribution in [2.45, 2.75) is 51.3 Å². The third-order valence-corrected chi connectivity index (χ3v) is 3.54. The molecule has 0 aromatic carbocycles. The second-order valence-electron chi connectivity index (χ2n) is 6.41. The number of nitrogens with zero attached hydrogens (tertiary/aromatic N) is 1. The Morgan fingerprint density at radius 1 is 1.20 bits per heavy atom. The summed E-state index contributed by atoms with van der Waals surface area (Å²) in [6, 6.07) is 2.60. The lowest BCUT2D eigenvalue weighted by atomic mass is 10.1. The second-order valence-corrected chi connectivity index (χ2v) is 6.83. The highest BCUT2D eigenvalue weighted by molar-refractivity contribution is 7.71. The van der Waals surface area contributed by atoms with Crippen LogP contribution in [-0.2, 0) is 14.3 Å². The summed E-state index contributed by atoms with van der Waals surface area (Å²) in [4.78, 5) is 34.6. The van der Waals surface area contributed by atoms with Crippen molar-refractivity contribution < 1.29 is 29.3 Å². The molecule has 0 aliphatic rings. The van der Waals surface area contributed by atoms with Crippen molar-refractivity contribution in [3.05, 3.63) is 29.0 Å². The first-order chi connectivity index (χ1) is 11.5. The van der Waals surface area contributed by atoms with Crippen molar-refractivity contribution in [2.24, 2.45) is 0 Å². The van der Waals surface area contributed by atoms with Crippen molar-refractivity contribution >= 4 is 30.2 Å². The molecule has 1 rings (SSSR count). The van der Waals surface area contributed by atoms with Gasteiger partial charge in [-0.25, -0.2) is 14.4 Å². The first kappa shape index (κ1) is 20.6. The van der Waals surface area contributed by atoms with Crippen LogP contribution in [0.25, 0.3) is 0 Å². The van der Waals surface area contributed by atoms with Crippen molar-refractivity contribution in [1.29, 1.82) is 0 Å². The van der Waals surface area contributed by atoms with Gasteiger partial charge >= 0.3 is 18.0 Å². The Hall–Kier alpha value is -2.42.